The zero-order chi connectivity index (χ0) is 18.6. The molecule has 26 heavy (non-hydrogen) atoms. The van der Waals surface area contributed by atoms with Crippen LogP contribution in [0.3, 0.4) is 0 Å². The molecule has 1 aromatic rings. The van der Waals surface area contributed by atoms with E-state index in [9.17, 15) is 8.42 Å². The molecular weight excluding hydrogens is 418 g/mol. The van der Waals surface area contributed by atoms with E-state index in [0.717, 1.165) is 44.6 Å². The monoisotopic (exact) mass is 443 g/mol. The first-order chi connectivity index (χ1) is 12.4. The maximum Gasteiger partial charge on any atom is 0.208 e. The average Bonchev–Trinajstić information content (AvgIpc) is 2.62. The molecule has 3 rings (SSSR count). The lowest BCUT2D eigenvalue weighted by Crippen LogP contribution is -2.52. The van der Waals surface area contributed by atoms with Crippen molar-refractivity contribution in [2.24, 2.45) is 5.92 Å². The highest BCUT2D eigenvalue weighted by Crippen LogP contribution is 2.27. The van der Waals surface area contributed by atoms with Gasteiger partial charge in [0.05, 0.1) is 19.0 Å². The van der Waals surface area contributed by atoms with Crippen molar-refractivity contribution in [3.8, 4) is 0 Å². The summed E-state index contributed by atoms with van der Waals surface area (Å²) in [5, 5.41) is 0. The van der Waals surface area contributed by atoms with Gasteiger partial charge in [0.2, 0.25) is 10.0 Å². The maximum atomic E-state index is 11.7. The number of halogens is 1. The molecule has 0 bridgehead atoms. The Balaban J connectivity index is 1.65. The number of piperidine rings is 1. The number of sulfonamides is 1. The topological polar surface area (TPSA) is 71.5 Å². The summed E-state index contributed by atoms with van der Waals surface area (Å²) in [6.45, 7) is 2.06. The molecule has 1 fully saturated rings. The maximum absolute atomic E-state index is 11.7. The molecule has 2 unspecified atom stereocenters. The summed E-state index contributed by atoms with van der Waals surface area (Å²) >= 11 is 3.53. The second-order valence-corrected chi connectivity index (χ2v) is 9.86. The second-order valence-electron chi connectivity index (χ2n) is 7.06. The molecule has 3 atom stereocenters. The lowest BCUT2D eigenvalue weighted by molar-refractivity contribution is 0.0156. The molecule has 0 amide bonds. The van der Waals surface area contributed by atoms with Crippen molar-refractivity contribution in [1.29, 1.82) is 0 Å². The quantitative estimate of drug-likeness (QED) is 0.731. The highest BCUT2D eigenvalue weighted by atomic mass is 79.9. The summed E-state index contributed by atoms with van der Waals surface area (Å²) in [6, 6.07) is 5.76. The summed E-state index contributed by atoms with van der Waals surface area (Å²) in [5.41, 5.74) is 0. The number of nitrogens with zero attached hydrogens (tertiary/aromatic N) is 2. The van der Waals surface area contributed by atoms with Crippen molar-refractivity contribution in [1.82, 2.24) is 9.71 Å². The van der Waals surface area contributed by atoms with Gasteiger partial charge in [-0.1, -0.05) is 28.1 Å². The van der Waals surface area contributed by atoms with E-state index in [2.05, 4.69) is 36.6 Å². The summed E-state index contributed by atoms with van der Waals surface area (Å²) < 4.78 is 33.7. The molecule has 1 saturated heterocycles. The van der Waals surface area contributed by atoms with Crippen LogP contribution in [0.2, 0.25) is 0 Å². The van der Waals surface area contributed by atoms with E-state index in [1.54, 1.807) is 6.20 Å². The Morgan fingerprint density at radius 1 is 1.38 bits per heavy atom. The van der Waals surface area contributed by atoms with Crippen molar-refractivity contribution in [2.45, 2.75) is 37.8 Å². The third-order valence-corrected chi connectivity index (χ3v) is 6.38. The van der Waals surface area contributed by atoms with Crippen molar-refractivity contribution in [3.63, 3.8) is 0 Å². The van der Waals surface area contributed by atoms with Crippen LogP contribution in [0.15, 0.2) is 35.0 Å². The minimum absolute atomic E-state index is 0.0924. The van der Waals surface area contributed by atoms with Gasteiger partial charge < -0.3 is 9.64 Å². The largest absolute Gasteiger partial charge is 0.377 e. The van der Waals surface area contributed by atoms with E-state index in [4.69, 9.17) is 4.74 Å². The van der Waals surface area contributed by atoms with Crippen LogP contribution < -0.4 is 9.62 Å². The Kier molecular flexibility index (Phi) is 6.71. The van der Waals surface area contributed by atoms with E-state index < -0.39 is 10.0 Å². The molecule has 1 aliphatic heterocycles. The van der Waals surface area contributed by atoms with Gasteiger partial charge in [0.1, 0.15) is 5.82 Å². The van der Waals surface area contributed by atoms with Crippen molar-refractivity contribution in [3.05, 3.63) is 35.0 Å². The highest BCUT2D eigenvalue weighted by molar-refractivity contribution is 9.11. The molecule has 0 radical (unpaired) electrons. The SMILES string of the molecule is CS(=O)(=O)NC1CCN(c2ccccn2)CC1CO[C@H]1CC=C(Br)CC1. The van der Waals surface area contributed by atoms with E-state index >= 15 is 0 Å². The van der Waals surface area contributed by atoms with Crippen LogP contribution in [0.5, 0.6) is 0 Å². The van der Waals surface area contributed by atoms with Gasteiger partial charge in [-0.15, -0.1) is 0 Å². The normalized spacial score (nSPS) is 27.2. The molecule has 1 aliphatic carbocycles. The number of ether oxygens (including phenoxy) is 1. The zero-order valence-corrected chi connectivity index (χ0v) is 17.4. The van der Waals surface area contributed by atoms with Gasteiger partial charge >= 0.3 is 0 Å². The average molecular weight is 444 g/mol. The van der Waals surface area contributed by atoms with Crippen molar-refractivity contribution in [2.75, 3.05) is 30.9 Å². The standard InChI is InChI=1S/C18H26BrN3O3S/c1-26(23,24)21-17-9-11-22(18-4-2-3-10-20-18)12-14(17)13-25-16-7-5-15(19)6-8-16/h2-5,10,14,16-17,21H,6-9,11-13H2,1H3/t14?,16-,17?/m0/s1. The lowest BCUT2D eigenvalue weighted by atomic mass is 9.93. The number of aromatic nitrogens is 1. The second kappa shape index (κ2) is 8.82. The summed E-state index contributed by atoms with van der Waals surface area (Å²) in [4.78, 5) is 6.64. The van der Waals surface area contributed by atoms with Crippen molar-refractivity contribution >= 4 is 31.8 Å². The van der Waals surface area contributed by atoms with Gasteiger partial charge in [-0.25, -0.2) is 18.1 Å². The molecule has 144 valence electrons. The van der Waals surface area contributed by atoms with Crippen LogP contribution in [0.1, 0.15) is 25.7 Å². The van der Waals surface area contributed by atoms with Crippen LogP contribution in [-0.2, 0) is 14.8 Å². The van der Waals surface area contributed by atoms with Crippen LogP contribution in [0, 0.1) is 5.92 Å². The van der Waals surface area contributed by atoms with Gasteiger partial charge in [0, 0.05) is 31.2 Å². The minimum Gasteiger partial charge on any atom is -0.377 e. The van der Waals surface area contributed by atoms with E-state index in [1.165, 1.54) is 10.7 Å². The number of hydrogen-bond acceptors (Lipinski definition) is 5. The van der Waals surface area contributed by atoms with Gasteiger partial charge in [-0.05, 0) is 42.3 Å². The van der Waals surface area contributed by atoms with Gasteiger partial charge in [0.25, 0.3) is 0 Å². The van der Waals surface area contributed by atoms with Crippen LogP contribution in [-0.4, -0.2) is 51.5 Å². The van der Waals surface area contributed by atoms with E-state index in [1.807, 2.05) is 18.2 Å². The summed E-state index contributed by atoms with van der Waals surface area (Å²) in [7, 11) is -3.24. The molecule has 1 N–H and O–H groups in total. The Labute approximate surface area is 164 Å². The number of hydrogen-bond donors (Lipinski definition) is 1. The smallest absolute Gasteiger partial charge is 0.208 e. The van der Waals surface area contributed by atoms with Gasteiger partial charge in [-0.3, -0.25) is 0 Å². The molecule has 6 nitrogen and oxygen atoms in total. The first kappa shape index (κ1) is 19.8. The fourth-order valence-corrected chi connectivity index (χ4v) is 4.85. The van der Waals surface area contributed by atoms with Crippen LogP contribution >= 0.6 is 15.9 Å². The molecular formula is C18H26BrN3O3S. The number of allylic oxidation sites excluding steroid dienone is 1. The first-order valence-electron chi connectivity index (χ1n) is 9.00. The minimum atomic E-state index is -3.24. The highest BCUT2D eigenvalue weighted by Gasteiger charge is 2.32. The predicted octanol–water partition coefficient (Wildman–Crippen LogP) is 2.67. The number of anilines is 1. The Bertz CT molecular complexity index is 726. The number of rotatable bonds is 6. The third kappa shape index (κ3) is 5.77. The predicted molar refractivity (Wildman–Crippen MR) is 107 cm³/mol. The molecule has 2 heterocycles. The molecule has 0 aromatic carbocycles. The Hall–Kier alpha value is -0.960. The fourth-order valence-electron chi connectivity index (χ4n) is 3.57. The molecule has 0 saturated carbocycles. The van der Waals surface area contributed by atoms with E-state index in [-0.39, 0.29) is 18.1 Å². The Morgan fingerprint density at radius 2 is 2.23 bits per heavy atom. The molecule has 1 aromatic heterocycles. The summed E-state index contributed by atoms with van der Waals surface area (Å²) in [5.74, 6) is 1.02. The third-order valence-electron chi connectivity index (χ3n) is 4.93. The zero-order valence-electron chi connectivity index (χ0n) is 15.0. The van der Waals surface area contributed by atoms with Crippen LogP contribution in [0.4, 0.5) is 5.82 Å². The summed E-state index contributed by atoms with van der Waals surface area (Å²) in [6.07, 6.45) is 9.03. The molecule has 8 heteroatoms. The Morgan fingerprint density at radius 3 is 2.88 bits per heavy atom. The molecule has 0 spiro atoms. The molecule has 2 aliphatic rings. The van der Waals surface area contributed by atoms with E-state index in [0.29, 0.717) is 6.61 Å². The van der Waals surface area contributed by atoms with Gasteiger partial charge in [0.15, 0.2) is 0 Å². The van der Waals surface area contributed by atoms with Crippen LogP contribution in [0.25, 0.3) is 0 Å². The van der Waals surface area contributed by atoms with Crippen molar-refractivity contribution < 1.29 is 13.2 Å². The first-order valence-corrected chi connectivity index (χ1v) is 11.7. The fraction of sp³-hybridized carbons (Fsp3) is 0.611. The lowest BCUT2D eigenvalue weighted by Gasteiger charge is -2.39. The van der Waals surface area contributed by atoms with Gasteiger partial charge in [-0.2, -0.15) is 0 Å². The number of nitrogens with one attached hydrogen (secondary N) is 1. The number of pyridine rings is 1.